The number of hydrogen-bond donors (Lipinski definition) is 4. The van der Waals surface area contributed by atoms with E-state index in [4.69, 9.17) is 0 Å². The quantitative estimate of drug-likeness (QED) is 0.634. The van der Waals surface area contributed by atoms with E-state index in [2.05, 4.69) is 52.1 Å². The van der Waals surface area contributed by atoms with E-state index in [0.717, 1.165) is 38.5 Å². The SMILES string of the molecule is C=C1NC(=O)NC(C(=O)NC2CCC(c3ccccc3)CC2)=C1NC1CCC1. The normalized spacial score (nSPS) is 25.4. The molecule has 0 atom stereocenters. The Morgan fingerprint density at radius 2 is 1.68 bits per heavy atom. The fourth-order valence-electron chi connectivity index (χ4n) is 4.20. The Balaban J connectivity index is 1.39. The highest BCUT2D eigenvalue weighted by Crippen LogP contribution is 2.33. The molecule has 0 saturated heterocycles. The van der Waals surface area contributed by atoms with Gasteiger partial charge in [0.05, 0.1) is 11.4 Å². The molecule has 28 heavy (non-hydrogen) atoms. The number of urea groups is 1. The minimum absolute atomic E-state index is 0.130. The van der Waals surface area contributed by atoms with Crippen molar-refractivity contribution in [3.63, 3.8) is 0 Å². The van der Waals surface area contributed by atoms with Crippen LogP contribution in [0.1, 0.15) is 56.4 Å². The van der Waals surface area contributed by atoms with E-state index >= 15 is 0 Å². The highest BCUT2D eigenvalue weighted by Gasteiger charge is 2.31. The third kappa shape index (κ3) is 4.06. The second-order valence-electron chi connectivity index (χ2n) is 8.01. The van der Waals surface area contributed by atoms with Gasteiger partial charge in [-0.05, 0) is 56.4 Å². The summed E-state index contributed by atoms with van der Waals surface area (Å²) in [5.41, 5.74) is 2.73. The zero-order valence-corrected chi connectivity index (χ0v) is 16.1. The molecule has 2 fully saturated rings. The number of carbonyl (C=O) groups is 2. The van der Waals surface area contributed by atoms with E-state index in [9.17, 15) is 9.59 Å². The van der Waals surface area contributed by atoms with Crippen molar-refractivity contribution in [1.82, 2.24) is 21.3 Å². The van der Waals surface area contributed by atoms with E-state index in [1.165, 1.54) is 12.0 Å². The molecule has 0 unspecified atom stereocenters. The van der Waals surface area contributed by atoms with Crippen LogP contribution < -0.4 is 21.3 Å². The number of benzene rings is 1. The number of hydrogen-bond acceptors (Lipinski definition) is 3. The summed E-state index contributed by atoms with van der Waals surface area (Å²) in [6.45, 7) is 3.91. The molecule has 6 heteroatoms. The van der Waals surface area contributed by atoms with Gasteiger partial charge in [0.15, 0.2) is 0 Å². The van der Waals surface area contributed by atoms with Crippen LogP contribution in [-0.2, 0) is 4.79 Å². The Bertz CT molecular complexity index is 790. The molecule has 3 aliphatic rings. The van der Waals surface area contributed by atoms with Gasteiger partial charge in [0.25, 0.3) is 5.91 Å². The molecule has 4 rings (SSSR count). The van der Waals surface area contributed by atoms with Gasteiger partial charge in [-0.1, -0.05) is 36.9 Å². The topological polar surface area (TPSA) is 82.3 Å². The van der Waals surface area contributed by atoms with Crippen LogP contribution in [0.2, 0.25) is 0 Å². The highest BCUT2D eigenvalue weighted by molar-refractivity contribution is 6.00. The second kappa shape index (κ2) is 8.09. The van der Waals surface area contributed by atoms with Gasteiger partial charge in [-0.3, -0.25) is 4.79 Å². The Labute approximate surface area is 165 Å². The largest absolute Gasteiger partial charge is 0.379 e. The second-order valence-corrected chi connectivity index (χ2v) is 8.01. The molecule has 148 valence electrons. The summed E-state index contributed by atoms with van der Waals surface area (Å²) in [6.07, 6.45) is 7.33. The van der Waals surface area contributed by atoms with Crippen molar-refractivity contribution < 1.29 is 9.59 Å². The maximum Gasteiger partial charge on any atom is 0.323 e. The van der Waals surface area contributed by atoms with Crippen molar-refractivity contribution in [2.45, 2.75) is 62.9 Å². The Morgan fingerprint density at radius 3 is 2.32 bits per heavy atom. The van der Waals surface area contributed by atoms with Crippen LogP contribution in [0.4, 0.5) is 4.79 Å². The third-order valence-corrected chi connectivity index (χ3v) is 6.07. The predicted molar refractivity (Wildman–Crippen MR) is 108 cm³/mol. The molecular formula is C22H28N4O2. The molecule has 1 heterocycles. The zero-order chi connectivity index (χ0) is 19.5. The van der Waals surface area contributed by atoms with E-state index in [1.807, 2.05) is 6.07 Å². The van der Waals surface area contributed by atoms with Crippen LogP contribution in [0.3, 0.4) is 0 Å². The molecule has 6 nitrogen and oxygen atoms in total. The first-order valence-corrected chi connectivity index (χ1v) is 10.2. The molecule has 3 amide bonds. The Kier molecular flexibility index (Phi) is 5.37. The van der Waals surface area contributed by atoms with E-state index in [0.29, 0.717) is 23.4 Å². The first kappa shape index (κ1) is 18.6. The molecule has 2 aliphatic carbocycles. The summed E-state index contributed by atoms with van der Waals surface area (Å²) in [5.74, 6) is 0.323. The third-order valence-electron chi connectivity index (χ3n) is 6.07. The van der Waals surface area contributed by atoms with Gasteiger partial charge >= 0.3 is 6.03 Å². The smallest absolute Gasteiger partial charge is 0.323 e. The summed E-state index contributed by atoms with van der Waals surface area (Å²) in [6, 6.07) is 10.6. The van der Waals surface area contributed by atoms with Crippen molar-refractivity contribution in [3.8, 4) is 0 Å². The summed E-state index contributed by atoms with van der Waals surface area (Å²) >= 11 is 0. The summed E-state index contributed by atoms with van der Waals surface area (Å²) in [7, 11) is 0. The van der Waals surface area contributed by atoms with Crippen LogP contribution in [0.25, 0.3) is 0 Å². The minimum Gasteiger partial charge on any atom is -0.379 e. The van der Waals surface area contributed by atoms with Crippen LogP contribution in [0.15, 0.2) is 54.0 Å². The van der Waals surface area contributed by atoms with Crippen LogP contribution in [0, 0.1) is 0 Å². The Hall–Kier alpha value is -2.76. The van der Waals surface area contributed by atoms with Gasteiger partial charge in [0, 0.05) is 12.1 Å². The van der Waals surface area contributed by atoms with Gasteiger partial charge < -0.3 is 21.3 Å². The Morgan fingerprint density at radius 1 is 0.964 bits per heavy atom. The number of nitrogens with one attached hydrogen (secondary N) is 4. The van der Waals surface area contributed by atoms with Crippen molar-refractivity contribution >= 4 is 11.9 Å². The van der Waals surface area contributed by atoms with E-state index < -0.39 is 6.03 Å². The van der Waals surface area contributed by atoms with Crippen molar-refractivity contribution in [2.75, 3.05) is 0 Å². The fraction of sp³-hybridized carbons (Fsp3) is 0.455. The fourth-order valence-corrected chi connectivity index (χ4v) is 4.20. The summed E-state index contributed by atoms with van der Waals surface area (Å²) in [4.78, 5) is 24.8. The first-order valence-electron chi connectivity index (χ1n) is 10.2. The number of rotatable bonds is 5. The van der Waals surface area contributed by atoms with Crippen molar-refractivity contribution in [2.24, 2.45) is 0 Å². The van der Waals surface area contributed by atoms with Gasteiger partial charge in [-0.15, -0.1) is 0 Å². The maximum atomic E-state index is 12.9. The van der Waals surface area contributed by atoms with Gasteiger partial charge in [0.2, 0.25) is 0 Å². The highest BCUT2D eigenvalue weighted by atomic mass is 16.2. The molecule has 4 N–H and O–H groups in total. The first-order chi connectivity index (χ1) is 13.6. The van der Waals surface area contributed by atoms with Crippen LogP contribution >= 0.6 is 0 Å². The lowest BCUT2D eigenvalue weighted by molar-refractivity contribution is -0.118. The summed E-state index contributed by atoms with van der Waals surface area (Å²) in [5, 5.41) is 11.8. The zero-order valence-electron chi connectivity index (χ0n) is 16.1. The lowest BCUT2D eigenvalue weighted by Gasteiger charge is -2.33. The molecule has 0 aromatic heterocycles. The van der Waals surface area contributed by atoms with Gasteiger partial charge in [0.1, 0.15) is 5.70 Å². The average molecular weight is 380 g/mol. The van der Waals surface area contributed by atoms with Gasteiger partial charge in [-0.25, -0.2) is 4.79 Å². The van der Waals surface area contributed by atoms with Crippen molar-refractivity contribution in [3.05, 3.63) is 59.6 Å². The number of carbonyl (C=O) groups excluding carboxylic acids is 2. The summed E-state index contributed by atoms with van der Waals surface area (Å²) < 4.78 is 0. The molecule has 1 aromatic carbocycles. The molecule has 0 spiro atoms. The lowest BCUT2D eigenvalue weighted by Crippen LogP contribution is -2.51. The average Bonchev–Trinajstić information content (AvgIpc) is 2.66. The standard InChI is InChI=1S/C22H28N4O2/c1-14-19(24-17-8-5-9-17)20(26-22(28)23-14)21(27)25-18-12-10-16(11-13-18)15-6-3-2-4-7-15/h2-4,6-7,16-18,24H,1,5,8-13H2,(H,25,27)(H2,23,26,28). The van der Waals surface area contributed by atoms with Gasteiger partial charge in [-0.2, -0.15) is 0 Å². The monoisotopic (exact) mass is 380 g/mol. The number of amides is 3. The molecule has 0 radical (unpaired) electrons. The van der Waals surface area contributed by atoms with Crippen molar-refractivity contribution in [1.29, 1.82) is 0 Å². The molecule has 0 bridgehead atoms. The molecule has 1 aliphatic heterocycles. The lowest BCUT2D eigenvalue weighted by atomic mass is 9.82. The van der Waals surface area contributed by atoms with Crippen LogP contribution in [0.5, 0.6) is 0 Å². The molecule has 1 aromatic rings. The maximum absolute atomic E-state index is 12.9. The van der Waals surface area contributed by atoms with E-state index in [1.54, 1.807) is 0 Å². The van der Waals surface area contributed by atoms with E-state index in [-0.39, 0.29) is 17.6 Å². The minimum atomic E-state index is -0.415. The molecular weight excluding hydrogens is 352 g/mol. The van der Waals surface area contributed by atoms with Crippen LogP contribution in [-0.4, -0.2) is 24.0 Å². The predicted octanol–water partition coefficient (Wildman–Crippen LogP) is 3.01. The molecule has 2 saturated carbocycles.